The van der Waals surface area contributed by atoms with E-state index in [0.29, 0.717) is 12.1 Å². The SMILES string of the molecule is CCNC(=NCCc1ccco1)NC1CCN(C2CCCCC2O)CC1. The van der Waals surface area contributed by atoms with Gasteiger partial charge in [0.25, 0.3) is 0 Å². The highest BCUT2D eigenvalue weighted by Crippen LogP contribution is 2.25. The molecule has 2 atom stereocenters. The van der Waals surface area contributed by atoms with Gasteiger partial charge in [-0.1, -0.05) is 12.8 Å². The molecule has 1 aliphatic heterocycles. The van der Waals surface area contributed by atoms with Crippen molar-refractivity contribution in [3.63, 3.8) is 0 Å². The summed E-state index contributed by atoms with van der Waals surface area (Å²) in [4.78, 5) is 7.19. The smallest absolute Gasteiger partial charge is 0.191 e. The fourth-order valence-corrected chi connectivity index (χ4v) is 4.14. The van der Waals surface area contributed by atoms with E-state index in [9.17, 15) is 5.11 Å². The number of nitrogens with one attached hydrogen (secondary N) is 2. The molecule has 1 aromatic heterocycles. The van der Waals surface area contributed by atoms with Crippen molar-refractivity contribution in [2.75, 3.05) is 26.2 Å². The molecule has 2 unspecified atom stereocenters. The number of rotatable bonds is 6. The number of hydrogen-bond acceptors (Lipinski definition) is 4. The largest absolute Gasteiger partial charge is 0.469 e. The quantitative estimate of drug-likeness (QED) is 0.534. The summed E-state index contributed by atoms with van der Waals surface area (Å²) in [5, 5.41) is 17.2. The molecule has 1 aromatic rings. The highest BCUT2D eigenvalue weighted by atomic mass is 16.3. The Morgan fingerprint density at radius 2 is 2.08 bits per heavy atom. The van der Waals surface area contributed by atoms with Gasteiger partial charge >= 0.3 is 0 Å². The van der Waals surface area contributed by atoms with Gasteiger partial charge < -0.3 is 20.2 Å². The molecule has 0 spiro atoms. The van der Waals surface area contributed by atoms with E-state index in [1.807, 2.05) is 12.1 Å². The standard InChI is InChI=1S/C20H34N4O2/c1-2-21-20(22-12-9-17-6-5-15-26-17)23-16-10-13-24(14-11-16)18-7-3-4-8-19(18)25/h5-6,15-16,18-19,25H,2-4,7-14H2,1H3,(H2,21,22,23). The first-order valence-electron chi connectivity index (χ1n) is 10.3. The number of hydrogen-bond donors (Lipinski definition) is 3. The third-order valence-electron chi connectivity index (χ3n) is 5.59. The van der Waals surface area contributed by atoms with Crippen LogP contribution in [0.25, 0.3) is 0 Å². The van der Waals surface area contributed by atoms with Crippen LogP contribution in [-0.4, -0.2) is 60.3 Å². The van der Waals surface area contributed by atoms with E-state index >= 15 is 0 Å². The van der Waals surface area contributed by atoms with E-state index < -0.39 is 0 Å². The van der Waals surface area contributed by atoms with Gasteiger partial charge in [-0.25, -0.2) is 0 Å². The Kier molecular flexibility index (Phi) is 7.38. The third-order valence-corrected chi connectivity index (χ3v) is 5.59. The zero-order chi connectivity index (χ0) is 18.2. The number of furan rings is 1. The van der Waals surface area contributed by atoms with Crippen LogP contribution in [0.4, 0.5) is 0 Å². The minimum absolute atomic E-state index is 0.131. The molecule has 1 aliphatic carbocycles. The Labute approximate surface area is 157 Å². The van der Waals surface area contributed by atoms with Gasteiger partial charge in [0.15, 0.2) is 5.96 Å². The molecule has 2 aliphatic rings. The predicted octanol–water partition coefficient (Wildman–Crippen LogP) is 2.15. The Bertz CT molecular complexity index is 538. The molecule has 146 valence electrons. The van der Waals surface area contributed by atoms with Gasteiger partial charge in [-0.2, -0.15) is 0 Å². The minimum atomic E-state index is -0.131. The van der Waals surface area contributed by atoms with Crippen LogP contribution in [0, 0.1) is 0 Å². The third kappa shape index (κ3) is 5.48. The van der Waals surface area contributed by atoms with E-state index in [1.54, 1.807) is 6.26 Å². The molecule has 3 N–H and O–H groups in total. The molecule has 2 heterocycles. The van der Waals surface area contributed by atoms with E-state index in [1.165, 1.54) is 12.8 Å². The van der Waals surface area contributed by atoms with Gasteiger partial charge in [0.1, 0.15) is 5.76 Å². The fourth-order valence-electron chi connectivity index (χ4n) is 4.14. The van der Waals surface area contributed by atoms with Crippen LogP contribution in [-0.2, 0) is 6.42 Å². The summed E-state index contributed by atoms with van der Waals surface area (Å²) in [6, 6.07) is 4.73. The second-order valence-electron chi connectivity index (χ2n) is 7.46. The van der Waals surface area contributed by atoms with Crippen molar-refractivity contribution in [3.8, 4) is 0 Å². The first-order chi connectivity index (χ1) is 12.8. The second-order valence-corrected chi connectivity index (χ2v) is 7.46. The van der Waals surface area contributed by atoms with Gasteiger partial charge in [-0.05, 0) is 44.7 Å². The first kappa shape index (κ1) is 19.2. The van der Waals surface area contributed by atoms with E-state index in [-0.39, 0.29) is 6.10 Å². The molecular formula is C20H34N4O2. The Hall–Kier alpha value is -1.53. The van der Waals surface area contributed by atoms with E-state index in [4.69, 9.17) is 4.42 Å². The summed E-state index contributed by atoms with van der Waals surface area (Å²) < 4.78 is 5.37. The lowest BCUT2D eigenvalue weighted by Gasteiger charge is -2.41. The normalized spacial score (nSPS) is 26.0. The molecule has 2 fully saturated rings. The molecule has 0 radical (unpaired) electrons. The number of aliphatic hydroxyl groups excluding tert-OH is 1. The molecule has 26 heavy (non-hydrogen) atoms. The zero-order valence-electron chi connectivity index (χ0n) is 16.0. The summed E-state index contributed by atoms with van der Waals surface area (Å²) in [5.41, 5.74) is 0. The highest BCUT2D eigenvalue weighted by Gasteiger charge is 2.31. The monoisotopic (exact) mass is 362 g/mol. The van der Waals surface area contributed by atoms with Gasteiger partial charge in [0.2, 0.25) is 0 Å². The highest BCUT2D eigenvalue weighted by molar-refractivity contribution is 5.80. The summed E-state index contributed by atoms with van der Waals surface area (Å²) in [6.45, 7) is 5.79. The Balaban J connectivity index is 1.44. The summed E-state index contributed by atoms with van der Waals surface area (Å²) in [7, 11) is 0. The number of guanidine groups is 1. The van der Waals surface area contributed by atoms with Crippen LogP contribution in [0.2, 0.25) is 0 Å². The van der Waals surface area contributed by atoms with Crippen LogP contribution in [0.5, 0.6) is 0 Å². The Morgan fingerprint density at radius 1 is 1.27 bits per heavy atom. The van der Waals surface area contributed by atoms with Gasteiger partial charge in [0.05, 0.1) is 12.4 Å². The molecular weight excluding hydrogens is 328 g/mol. The summed E-state index contributed by atoms with van der Waals surface area (Å²) >= 11 is 0. The maximum atomic E-state index is 10.3. The van der Waals surface area contributed by atoms with Crippen molar-refractivity contribution in [1.82, 2.24) is 15.5 Å². The lowest BCUT2D eigenvalue weighted by molar-refractivity contribution is 0.00810. The zero-order valence-corrected chi connectivity index (χ0v) is 16.0. The molecule has 6 heteroatoms. The predicted molar refractivity (Wildman–Crippen MR) is 104 cm³/mol. The topological polar surface area (TPSA) is 73.0 Å². The van der Waals surface area contributed by atoms with E-state index in [2.05, 4.69) is 27.4 Å². The average Bonchev–Trinajstić information content (AvgIpc) is 3.17. The average molecular weight is 363 g/mol. The number of aliphatic hydroxyl groups is 1. The second kappa shape index (κ2) is 9.97. The first-order valence-corrected chi connectivity index (χ1v) is 10.3. The fraction of sp³-hybridized carbons (Fsp3) is 0.750. The van der Waals surface area contributed by atoms with Crippen LogP contribution < -0.4 is 10.6 Å². The molecule has 1 saturated heterocycles. The Morgan fingerprint density at radius 3 is 2.77 bits per heavy atom. The molecule has 3 rings (SSSR count). The lowest BCUT2D eigenvalue weighted by atomic mass is 9.89. The van der Waals surface area contributed by atoms with Crippen LogP contribution in [0.3, 0.4) is 0 Å². The van der Waals surface area contributed by atoms with Crippen molar-refractivity contribution < 1.29 is 9.52 Å². The molecule has 0 amide bonds. The van der Waals surface area contributed by atoms with E-state index in [0.717, 1.165) is 70.0 Å². The maximum Gasteiger partial charge on any atom is 0.191 e. The van der Waals surface area contributed by atoms with Crippen molar-refractivity contribution in [3.05, 3.63) is 24.2 Å². The number of aliphatic imine (C=N–C) groups is 1. The van der Waals surface area contributed by atoms with Crippen LogP contribution in [0.15, 0.2) is 27.8 Å². The maximum absolute atomic E-state index is 10.3. The number of nitrogens with zero attached hydrogens (tertiary/aromatic N) is 2. The van der Waals surface area contributed by atoms with Crippen LogP contribution >= 0.6 is 0 Å². The van der Waals surface area contributed by atoms with Gasteiger partial charge in [0, 0.05) is 44.7 Å². The van der Waals surface area contributed by atoms with Gasteiger partial charge in [-0.3, -0.25) is 9.89 Å². The minimum Gasteiger partial charge on any atom is -0.469 e. The molecule has 0 aromatic carbocycles. The van der Waals surface area contributed by atoms with Gasteiger partial charge in [-0.15, -0.1) is 0 Å². The number of likely N-dealkylation sites (tertiary alicyclic amines) is 1. The molecule has 1 saturated carbocycles. The summed E-state index contributed by atoms with van der Waals surface area (Å²) in [6.07, 6.45) is 9.15. The van der Waals surface area contributed by atoms with Crippen molar-refractivity contribution in [2.24, 2.45) is 4.99 Å². The van der Waals surface area contributed by atoms with Crippen molar-refractivity contribution >= 4 is 5.96 Å². The molecule has 6 nitrogen and oxygen atoms in total. The van der Waals surface area contributed by atoms with Crippen molar-refractivity contribution in [2.45, 2.75) is 70.1 Å². The summed E-state index contributed by atoms with van der Waals surface area (Å²) in [5.74, 6) is 1.87. The van der Waals surface area contributed by atoms with Crippen molar-refractivity contribution in [1.29, 1.82) is 0 Å². The molecule has 0 bridgehead atoms. The lowest BCUT2D eigenvalue weighted by Crippen LogP contribution is -2.53. The van der Waals surface area contributed by atoms with Crippen LogP contribution in [0.1, 0.15) is 51.2 Å². The number of piperidine rings is 1.